The van der Waals surface area contributed by atoms with Gasteiger partial charge in [-0.15, -0.1) is 0 Å². The molecule has 7 nitrogen and oxygen atoms in total. The molecule has 38 heavy (non-hydrogen) atoms. The van der Waals surface area contributed by atoms with E-state index >= 15 is 0 Å². The summed E-state index contributed by atoms with van der Waals surface area (Å²) >= 11 is 5.11. The average Bonchev–Trinajstić information content (AvgIpc) is 3.13. The summed E-state index contributed by atoms with van der Waals surface area (Å²) in [7, 11) is 1.30. The van der Waals surface area contributed by atoms with Crippen molar-refractivity contribution in [3.05, 3.63) is 87.7 Å². The van der Waals surface area contributed by atoms with Gasteiger partial charge in [-0.25, -0.2) is 4.79 Å². The zero-order valence-corrected chi connectivity index (χ0v) is 21.6. The van der Waals surface area contributed by atoms with Crippen molar-refractivity contribution >= 4 is 46.9 Å². The zero-order valence-electron chi connectivity index (χ0n) is 20.8. The molecule has 1 N–H and O–H groups in total. The Morgan fingerprint density at radius 2 is 1.76 bits per heavy atom. The molecule has 1 aliphatic heterocycles. The third kappa shape index (κ3) is 4.84. The van der Waals surface area contributed by atoms with Gasteiger partial charge < -0.3 is 9.30 Å². The van der Waals surface area contributed by atoms with Crippen molar-refractivity contribution < 1.29 is 32.3 Å². The molecule has 1 aromatic heterocycles. The Morgan fingerprint density at radius 3 is 2.39 bits per heavy atom. The number of benzene rings is 2. The van der Waals surface area contributed by atoms with Crippen LogP contribution in [-0.2, 0) is 20.5 Å². The minimum Gasteiger partial charge on any atom is -0.465 e. The molecule has 2 heterocycles. The zero-order chi connectivity index (χ0) is 27.9. The van der Waals surface area contributed by atoms with Crippen LogP contribution in [-0.4, -0.2) is 34.6 Å². The first-order chi connectivity index (χ1) is 17.8. The number of esters is 1. The fourth-order valence-electron chi connectivity index (χ4n) is 4.32. The van der Waals surface area contributed by atoms with Gasteiger partial charge in [-0.05, 0) is 92.7 Å². The maximum atomic E-state index is 13.3. The number of carbonyl (C=O) groups excluding carboxylic acids is 3. The molecule has 4 rings (SSSR count). The Labute approximate surface area is 221 Å². The highest BCUT2D eigenvalue weighted by atomic mass is 32.1. The molecule has 196 valence electrons. The third-order valence-electron chi connectivity index (χ3n) is 6.16. The van der Waals surface area contributed by atoms with Crippen molar-refractivity contribution in [1.82, 2.24) is 9.88 Å². The van der Waals surface area contributed by atoms with Crippen LogP contribution >= 0.6 is 12.2 Å². The SMILES string of the molecule is COC(=O)c1ccc(-n2c(C)cc(/C=C3\C(=O)NC(=S)N(c4cccc(C(F)(F)F)c4)C3=O)c2C)c(C)c1. The fourth-order valence-corrected chi connectivity index (χ4v) is 4.61. The number of anilines is 1. The van der Waals surface area contributed by atoms with Gasteiger partial charge in [0.2, 0.25) is 0 Å². The van der Waals surface area contributed by atoms with Gasteiger partial charge in [0, 0.05) is 17.1 Å². The molecule has 0 radical (unpaired) electrons. The summed E-state index contributed by atoms with van der Waals surface area (Å²) in [5.41, 5.74) is 2.65. The molecule has 11 heteroatoms. The minimum absolute atomic E-state index is 0.118. The lowest BCUT2D eigenvalue weighted by Gasteiger charge is -2.29. The number of aromatic nitrogens is 1. The number of nitrogens with one attached hydrogen (secondary N) is 1. The molecule has 1 aliphatic rings. The summed E-state index contributed by atoms with van der Waals surface area (Å²) in [5.74, 6) is -2.07. The summed E-state index contributed by atoms with van der Waals surface area (Å²) < 4.78 is 46.4. The second kappa shape index (κ2) is 9.90. The van der Waals surface area contributed by atoms with E-state index in [1.54, 1.807) is 31.2 Å². The van der Waals surface area contributed by atoms with E-state index in [0.29, 0.717) is 16.8 Å². The van der Waals surface area contributed by atoms with E-state index in [-0.39, 0.29) is 16.4 Å². The van der Waals surface area contributed by atoms with Crippen LogP contribution in [0, 0.1) is 20.8 Å². The number of alkyl halides is 3. The van der Waals surface area contributed by atoms with E-state index in [1.807, 2.05) is 18.4 Å². The van der Waals surface area contributed by atoms with Crippen molar-refractivity contribution in [2.75, 3.05) is 12.0 Å². The standard InChI is InChI=1S/C27H22F3N3O4S/c1-14-10-17(25(36)37-4)8-9-22(14)32-15(2)11-18(16(32)3)12-21-23(34)31-26(38)33(24(21)35)20-7-5-6-19(13-20)27(28,29)30/h5-13H,1-4H3,(H,31,34,38)/b21-12+. The van der Waals surface area contributed by atoms with E-state index in [2.05, 4.69) is 5.32 Å². The minimum atomic E-state index is -4.62. The number of methoxy groups -OCH3 is 1. The summed E-state index contributed by atoms with van der Waals surface area (Å²) in [6.07, 6.45) is -3.24. The lowest BCUT2D eigenvalue weighted by molar-refractivity contribution is -0.137. The summed E-state index contributed by atoms with van der Waals surface area (Å²) in [6.45, 7) is 5.48. The van der Waals surface area contributed by atoms with E-state index < -0.39 is 29.5 Å². The molecule has 0 saturated carbocycles. The van der Waals surface area contributed by atoms with Gasteiger partial charge >= 0.3 is 12.1 Å². The van der Waals surface area contributed by atoms with Crippen LogP contribution in [0.1, 0.15) is 38.4 Å². The van der Waals surface area contributed by atoms with Crippen molar-refractivity contribution in [1.29, 1.82) is 0 Å². The van der Waals surface area contributed by atoms with Crippen molar-refractivity contribution in [2.24, 2.45) is 0 Å². The van der Waals surface area contributed by atoms with Gasteiger partial charge in [0.1, 0.15) is 5.57 Å². The Kier molecular flexibility index (Phi) is 6.98. The molecule has 0 spiro atoms. The summed E-state index contributed by atoms with van der Waals surface area (Å²) in [4.78, 5) is 38.8. The third-order valence-corrected chi connectivity index (χ3v) is 6.45. The van der Waals surface area contributed by atoms with Crippen molar-refractivity contribution in [3.63, 3.8) is 0 Å². The molecule has 1 fully saturated rings. The molecule has 3 aromatic rings. The van der Waals surface area contributed by atoms with Crippen LogP contribution in [0.3, 0.4) is 0 Å². The van der Waals surface area contributed by atoms with Gasteiger partial charge in [-0.1, -0.05) is 6.07 Å². The van der Waals surface area contributed by atoms with Gasteiger partial charge in [0.05, 0.1) is 23.9 Å². The number of aryl methyl sites for hydroxylation is 2. The average molecular weight is 542 g/mol. The Morgan fingerprint density at radius 1 is 1.05 bits per heavy atom. The summed E-state index contributed by atoms with van der Waals surface area (Å²) in [6, 6.07) is 11.0. The molecule has 2 aromatic carbocycles. The Balaban J connectivity index is 1.75. The molecular formula is C27H22F3N3O4S. The smallest absolute Gasteiger partial charge is 0.416 e. The van der Waals surface area contributed by atoms with Crippen LogP contribution in [0.25, 0.3) is 11.8 Å². The van der Waals surface area contributed by atoms with Gasteiger partial charge in [-0.3, -0.25) is 19.8 Å². The normalized spacial score (nSPS) is 15.2. The number of halogens is 3. The highest BCUT2D eigenvalue weighted by Gasteiger charge is 2.37. The van der Waals surface area contributed by atoms with Crippen molar-refractivity contribution in [3.8, 4) is 5.69 Å². The van der Waals surface area contributed by atoms with E-state index in [9.17, 15) is 27.6 Å². The monoisotopic (exact) mass is 541 g/mol. The van der Waals surface area contributed by atoms with Crippen LogP contribution in [0.4, 0.5) is 18.9 Å². The number of hydrogen-bond acceptors (Lipinski definition) is 5. The quantitative estimate of drug-likeness (QED) is 0.217. The predicted molar refractivity (Wildman–Crippen MR) is 139 cm³/mol. The molecular weight excluding hydrogens is 519 g/mol. The van der Waals surface area contributed by atoms with Gasteiger partial charge in [0.25, 0.3) is 11.8 Å². The second-order valence-electron chi connectivity index (χ2n) is 8.66. The molecule has 2 amide bonds. The fraction of sp³-hybridized carbons (Fsp3) is 0.185. The van der Waals surface area contributed by atoms with Gasteiger partial charge in [-0.2, -0.15) is 13.2 Å². The number of hydrogen-bond donors (Lipinski definition) is 1. The number of rotatable bonds is 4. The summed E-state index contributed by atoms with van der Waals surface area (Å²) in [5, 5.41) is 2.07. The van der Waals surface area contributed by atoms with Crippen molar-refractivity contribution in [2.45, 2.75) is 26.9 Å². The molecule has 0 aliphatic carbocycles. The number of amides is 2. The first kappa shape index (κ1) is 26.8. The van der Waals surface area contributed by atoms with Crippen LogP contribution in [0.5, 0.6) is 0 Å². The number of nitrogens with zero attached hydrogens (tertiary/aromatic N) is 2. The van der Waals surface area contributed by atoms with Crippen LogP contribution in [0.2, 0.25) is 0 Å². The van der Waals surface area contributed by atoms with Crippen LogP contribution in [0.15, 0.2) is 54.1 Å². The molecule has 0 atom stereocenters. The lowest BCUT2D eigenvalue weighted by Crippen LogP contribution is -2.54. The topological polar surface area (TPSA) is 80.6 Å². The maximum Gasteiger partial charge on any atom is 0.416 e. The van der Waals surface area contributed by atoms with Gasteiger partial charge in [0.15, 0.2) is 5.11 Å². The van der Waals surface area contributed by atoms with E-state index in [0.717, 1.165) is 40.0 Å². The maximum absolute atomic E-state index is 13.3. The van der Waals surface area contributed by atoms with Crippen LogP contribution < -0.4 is 10.2 Å². The molecule has 0 bridgehead atoms. The van der Waals surface area contributed by atoms with E-state index in [4.69, 9.17) is 17.0 Å². The Bertz CT molecular complexity index is 1540. The van der Waals surface area contributed by atoms with E-state index in [1.165, 1.54) is 19.3 Å². The largest absolute Gasteiger partial charge is 0.465 e. The number of ether oxygens (including phenoxy) is 1. The first-order valence-electron chi connectivity index (χ1n) is 11.3. The number of carbonyl (C=O) groups is 3. The molecule has 1 saturated heterocycles. The first-order valence-corrected chi connectivity index (χ1v) is 11.7. The Hall–Kier alpha value is -4.25. The highest BCUT2D eigenvalue weighted by Crippen LogP contribution is 2.33. The predicted octanol–water partition coefficient (Wildman–Crippen LogP) is 5.04. The highest BCUT2D eigenvalue weighted by molar-refractivity contribution is 7.80. The number of thiocarbonyl (C=S) groups is 1. The second-order valence-corrected chi connectivity index (χ2v) is 9.05. The molecule has 0 unspecified atom stereocenters. The lowest BCUT2D eigenvalue weighted by atomic mass is 10.1.